The molecule has 0 spiro atoms. The zero-order chi connectivity index (χ0) is 17.6. The summed E-state index contributed by atoms with van der Waals surface area (Å²) in [5.41, 5.74) is 4.63. The van der Waals surface area contributed by atoms with E-state index < -0.39 is 11.7 Å². The number of amides is 1. The molecule has 0 saturated carbocycles. The van der Waals surface area contributed by atoms with E-state index in [1.54, 1.807) is 12.3 Å². The van der Waals surface area contributed by atoms with Gasteiger partial charge in [-0.2, -0.15) is 5.10 Å². The fourth-order valence-corrected chi connectivity index (χ4v) is 2.24. The molecule has 0 aromatic heterocycles. The van der Waals surface area contributed by atoms with Crippen LogP contribution in [-0.4, -0.2) is 17.9 Å². The van der Waals surface area contributed by atoms with Gasteiger partial charge >= 0.3 is 6.09 Å². The number of nitrogens with zero attached hydrogens (tertiary/aromatic N) is 1. The highest BCUT2D eigenvalue weighted by Gasteiger charge is 2.17. The maximum absolute atomic E-state index is 12.0. The van der Waals surface area contributed by atoms with Gasteiger partial charge < -0.3 is 4.74 Å². The number of para-hydroxylation sites is 1. The van der Waals surface area contributed by atoms with Crippen LogP contribution in [-0.2, 0) is 4.74 Å². The number of carbonyl (C=O) groups is 1. The van der Waals surface area contributed by atoms with Gasteiger partial charge in [-0.1, -0.05) is 34.1 Å². The van der Waals surface area contributed by atoms with E-state index in [1.165, 1.54) is 0 Å². The Labute approximate surface area is 150 Å². The van der Waals surface area contributed by atoms with Gasteiger partial charge in [0.15, 0.2) is 0 Å². The standard InChI is InChI=1S/C18H20BrN3O2/c1-18(2,3)24-17(23)21-16-10-9-14(19)11-13(16)12-20-22-15-7-5-4-6-8-15/h4-12,22H,1-3H3,(H,21,23). The van der Waals surface area contributed by atoms with Gasteiger partial charge in [-0.3, -0.25) is 10.7 Å². The topological polar surface area (TPSA) is 62.7 Å². The van der Waals surface area contributed by atoms with Crippen LogP contribution in [0.5, 0.6) is 0 Å². The SMILES string of the molecule is CC(C)(C)OC(=O)Nc1ccc(Br)cc1C=NNc1ccccc1. The molecule has 0 heterocycles. The van der Waals surface area contributed by atoms with Crippen molar-refractivity contribution in [1.29, 1.82) is 0 Å². The molecule has 6 heteroatoms. The number of halogens is 1. The van der Waals surface area contributed by atoms with Gasteiger partial charge in [0.25, 0.3) is 0 Å². The first-order valence-electron chi connectivity index (χ1n) is 7.47. The van der Waals surface area contributed by atoms with E-state index in [1.807, 2.05) is 63.2 Å². The first-order chi connectivity index (χ1) is 11.3. The van der Waals surface area contributed by atoms with E-state index in [-0.39, 0.29) is 0 Å². The second-order valence-electron chi connectivity index (χ2n) is 6.09. The van der Waals surface area contributed by atoms with Gasteiger partial charge in [-0.25, -0.2) is 4.79 Å². The first kappa shape index (κ1) is 18.0. The average Bonchev–Trinajstić information content (AvgIpc) is 2.49. The van der Waals surface area contributed by atoms with E-state index in [9.17, 15) is 4.79 Å². The van der Waals surface area contributed by atoms with Crippen molar-refractivity contribution in [2.24, 2.45) is 5.10 Å². The van der Waals surface area contributed by atoms with Crippen molar-refractivity contribution in [1.82, 2.24) is 0 Å². The Hall–Kier alpha value is -2.34. The number of hydrazone groups is 1. The van der Waals surface area contributed by atoms with Crippen LogP contribution in [0.3, 0.4) is 0 Å². The van der Waals surface area contributed by atoms with Crippen molar-refractivity contribution < 1.29 is 9.53 Å². The molecule has 0 radical (unpaired) electrons. The summed E-state index contributed by atoms with van der Waals surface area (Å²) in [7, 11) is 0. The summed E-state index contributed by atoms with van der Waals surface area (Å²) in [6.07, 6.45) is 1.14. The normalized spacial score (nSPS) is 11.3. The number of nitrogens with one attached hydrogen (secondary N) is 2. The van der Waals surface area contributed by atoms with Crippen molar-refractivity contribution in [2.75, 3.05) is 10.7 Å². The third-order valence-electron chi connectivity index (χ3n) is 2.82. The van der Waals surface area contributed by atoms with E-state index in [2.05, 4.69) is 31.8 Å². The Morgan fingerprint density at radius 3 is 2.54 bits per heavy atom. The van der Waals surface area contributed by atoms with Crippen LogP contribution < -0.4 is 10.7 Å². The molecule has 0 atom stereocenters. The largest absolute Gasteiger partial charge is 0.444 e. The minimum atomic E-state index is -0.553. The Bertz CT molecular complexity index is 725. The third kappa shape index (κ3) is 6.04. The number of carbonyl (C=O) groups excluding carboxylic acids is 1. The summed E-state index contributed by atoms with van der Waals surface area (Å²) in [6, 6.07) is 15.1. The third-order valence-corrected chi connectivity index (χ3v) is 3.31. The highest BCUT2D eigenvalue weighted by Crippen LogP contribution is 2.21. The second kappa shape index (κ2) is 7.97. The Morgan fingerprint density at radius 1 is 1.17 bits per heavy atom. The molecule has 0 fully saturated rings. The molecule has 0 bridgehead atoms. The molecule has 2 N–H and O–H groups in total. The van der Waals surface area contributed by atoms with Gasteiger partial charge in [-0.05, 0) is 51.1 Å². The number of hydrogen-bond donors (Lipinski definition) is 2. The van der Waals surface area contributed by atoms with Crippen LogP contribution in [0.1, 0.15) is 26.3 Å². The quantitative estimate of drug-likeness (QED) is 0.554. The van der Waals surface area contributed by atoms with E-state index >= 15 is 0 Å². The van der Waals surface area contributed by atoms with E-state index in [4.69, 9.17) is 4.74 Å². The molecular weight excluding hydrogens is 370 g/mol. The van der Waals surface area contributed by atoms with Gasteiger partial charge in [-0.15, -0.1) is 0 Å². The lowest BCUT2D eigenvalue weighted by Gasteiger charge is -2.20. The van der Waals surface area contributed by atoms with Crippen LogP contribution in [0.15, 0.2) is 58.1 Å². The van der Waals surface area contributed by atoms with Crippen LogP contribution >= 0.6 is 15.9 Å². The zero-order valence-electron chi connectivity index (χ0n) is 13.8. The summed E-state index contributed by atoms with van der Waals surface area (Å²) in [4.78, 5) is 12.0. The molecule has 0 aliphatic heterocycles. The van der Waals surface area contributed by atoms with Crippen LogP contribution in [0, 0.1) is 0 Å². The summed E-state index contributed by atoms with van der Waals surface area (Å²) in [5, 5.41) is 6.95. The summed E-state index contributed by atoms with van der Waals surface area (Å²) >= 11 is 3.42. The molecule has 1 amide bonds. The fraction of sp³-hybridized carbons (Fsp3) is 0.222. The van der Waals surface area contributed by atoms with E-state index in [0.29, 0.717) is 5.69 Å². The predicted octanol–water partition coefficient (Wildman–Crippen LogP) is 5.24. The monoisotopic (exact) mass is 389 g/mol. The van der Waals surface area contributed by atoms with Crippen molar-refractivity contribution in [3.63, 3.8) is 0 Å². The molecular formula is C18H20BrN3O2. The maximum atomic E-state index is 12.0. The van der Waals surface area contributed by atoms with E-state index in [0.717, 1.165) is 15.7 Å². The lowest BCUT2D eigenvalue weighted by Crippen LogP contribution is -2.27. The molecule has 2 aromatic rings. The zero-order valence-corrected chi connectivity index (χ0v) is 15.4. The number of benzene rings is 2. The number of rotatable bonds is 4. The molecule has 0 aliphatic carbocycles. The van der Waals surface area contributed by atoms with Crippen LogP contribution in [0.4, 0.5) is 16.2 Å². The molecule has 5 nitrogen and oxygen atoms in total. The highest BCUT2D eigenvalue weighted by molar-refractivity contribution is 9.10. The minimum absolute atomic E-state index is 0.504. The second-order valence-corrected chi connectivity index (χ2v) is 7.01. The van der Waals surface area contributed by atoms with Gasteiger partial charge in [0, 0.05) is 10.0 Å². The van der Waals surface area contributed by atoms with Crippen molar-refractivity contribution in [2.45, 2.75) is 26.4 Å². The smallest absolute Gasteiger partial charge is 0.412 e. The van der Waals surface area contributed by atoms with Gasteiger partial charge in [0.1, 0.15) is 5.60 Å². The summed E-state index contributed by atoms with van der Waals surface area (Å²) in [5.74, 6) is 0. The molecule has 0 saturated heterocycles. The van der Waals surface area contributed by atoms with Crippen molar-refractivity contribution in [3.05, 3.63) is 58.6 Å². The average molecular weight is 390 g/mol. The fourth-order valence-electron chi connectivity index (χ4n) is 1.86. The minimum Gasteiger partial charge on any atom is -0.444 e. The van der Waals surface area contributed by atoms with Crippen LogP contribution in [0.25, 0.3) is 0 Å². The Balaban J connectivity index is 2.11. The predicted molar refractivity (Wildman–Crippen MR) is 102 cm³/mol. The van der Waals surface area contributed by atoms with Crippen molar-refractivity contribution in [3.8, 4) is 0 Å². The maximum Gasteiger partial charge on any atom is 0.412 e. The molecule has 0 unspecified atom stereocenters. The van der Waals surface area contributed by atoms with Gasteiger partial charge in [0.2, 0.25) is 0 Å². The number of anilines is 2. The first-order valence-corrected chi connectivity index (χ1v) is 8.26. The van der Waals surface area contributed by atoms with Gasteiger partial charge in [0.05, 0.1) is 17.6 Å². The number of hydrogen-bond acceptors (Lipinski definition) is 4. The molecule has 2 aromatic carbocycles. The lowest BCUT2D eigenvalue weighted by molar-refractivity contribution is 0.0636. The molecule has 0 aliphatic rings. The molecule has 24 heavy (non-hydrogen) atoms. The molecule has 126 valence electrons. The van der Waals surface area contributed by atoms with Crippen LogP contribution in [0.2, 0.25) is 0 Å². The number of ether oxygens (including phenoxy) is 1. The van der Waals surface area contributed by atoms with Crippen molar-refractivity contribution >= 4 is 39.6 Å². The summed E-state index contributed by atoms with van der Waals surface area (Å²) < 4.78 is 6.17. The summed E-state index contributed by atoms with van der Waals surface area (Å²) in [6.45, 7) is 5.46. The Kier molecular flexibility index (Phi) is 5.98. The Morgan fingerprint density at radius 2 is 1.88 bits per heavy atom. The lowest BCUT2D eigenvalue weighted by atomic mass is 10.2. The highest BCUT2D eigenvalue weighted by atomic mass is 79.9. The molecule has 2 rings (SSSR count).